The summed E-state index contributed by atoms with van der Waals surface area (Å²) in [6.07, 6.45) is 0. The second-order valence-corrected chi connectivity index (χ2v) is 4.30. The molecule has 70 valence electrons. The molecule has 0 heterocycles. The van der Waals surface area contributed by atoms with Crippen LogP contribution in [0.5, 0.6) is 0 Å². The Labute approximate surface area is 82.2 Å². The fourth-order valence-electron chi connectivity index (χ4n) is 1.01. The third kappa shape index (κ3) is 2.46. The zero-order chi connectivity index (χ0) is 10.1. The smallest absolute Gasteiger partial charge is 0.335 e. The molecule has 0 saturated carbocycles. The number of hydrogen-bond acceptors (Lipinski definition) is 1. The molecule has 0 aliphatic heterocycles. The Bertz CT molecular complexity index is 309. The van der Waals surface area contributed by atoms with Crippen LogP contribution in [0, 0.1) is 0 Å². The molecule has 0 fully saturated rings. The molecule has 1 rings (SSSR count). The van der Waals surface area contributed by atoms with Gasteiger partial charge in [-0.2, -0.15) is 0 Å². The quantitative estimate of drug-likeness (QED) is 0.742. The van der Waals surface area contributed by atoms with Gasteiger partial charge >= 0.3 is 5.97 Å². The van der Waals surface area contributed by atoms with Crippen molar-refractivity contribution >= 4 is 17.6 Å². The lowest BCUT2D eigenvalue weighted by molar-refractivity contribution is 0.0697. The Morgan fingerprint density at radius 2 is 1.77 bits per heavy atom. The minimum absolute atomic E-state index is 0.282. The zero-order valence-electron chi connectivity index (χ0n) is 7.54. The van der Waals surface area contributed by atoms with Crippen LogP contribution in [-0.4, -0.2) is 11.1 Å². The lowest BCUT2D eigenvalue weighted by Gasteiger charge is -2.15. The van der Waals surface area contributed by atoms with Gasteiger partial charge in [0.15, 0.2) is 0 Å². The van der Waals surface area contributed by atoms with Gasteiger partial charge in [0.1, 0.15) is 0 Å². The van der Waals surface area contributed by atoms with E-state index >= 15 is 0 Å². The second-order valence-electron chi connectivity index (χ2n) is 3.35. The molecule has 0 spiro atoms. The number of halogens is 1. The highest BCUT2D eigenvalue weighted by Crippen LogP contribution is 2.27. The first-order valence-corrected chi connectivity index (χ1v) is 4.32. The van der Waals surface area contributed by atoms with Gasteiger partial charge in [-0.3, -0.25) is 0 Å². The average Bonchev–Trinajstić information content (AvgIpc) is 2.03. The number of hydrogen-bond donors (Lipinski definition) is 1. The Kier molecular flexibility index (Phi) is 2.62. The highest BCUT2D eigenvalue weighted by Gasteiger charge is 2.16. The van der Waals surface area contributed by atoms with Crippen molar-refractivity contribution in [3.8, 4) is 0 Å². The Morgan fingerprint density at radius 3 is 2.08 bits per heavy atom. The van der Waals surface area contributed by atoms with E-state index in [9.17, 15) is 4.79 Å². The van der Waals surface area contributed by atoms with Gasteiger partial charge in [0.05, 0.1) is 10.4 Å². The number of alkyl halides is 1. The standard InChI is InChI=1S/C10H11ClO2/c1-10(2,11)8-5-3-7(4-6-8)9(12)13/h3-6H,1-2H3,(H,12,13). The van der Waals surface area contributed by atoms with E-state index in [0.29, 0.717) is 0 Å². The van der Waals surface area contributed by atoms with Crippen molar-refractivity contribution < 1.29 is 9.90 Å². The maximum Gasteiger partial charge on any atom is 0.335 e. The molecule has 1 N–H and O–H groups in total. The molecular formula is C10H11ClO2. The third-order valence-corrected chi connectivity index (χ3v) is 2.04. The van der Waals surface area contributed by atoms with Crippen molar-refractivity contribution in [2.24, 2.45) is 0 Å². The molecule has 0 amide bonds. The summed E-state index contributed by atoms with van der Waals surface area (Å²) < 4.78 is 0. The minimum atomic E-state index is -0.918. The number of rotatable bonds is 2. The van der Waals surface area contributed by atoms with Crippen LogP contribution in [0.25, 0.3) is 0 Å². The van der Waals surface area contributed by atoms with Gasteiger partial charge in [0.2, 0.25) is 0 Å². The van der Waals surface area contributed by atoms with E-state index in [-0.39, 0.29) is 5.56 Å². The molecule has 0 aliphatic carbocycles. The molecule has 1 aromatic carbocycles. The van der Waals surface area contributed by atoms with Crippen molar-refractivity contribution in [1.82, 2.24) is 0 Å². The number of carbonyl (C=O) groups is 1. The summed E-state index contributed by atoms with van der Waals surface area (Å²) in [6, 6.07) is 6.58. The van der Waals surface area contributed by atoms with Crippen LogP contribution in [0.3, 0.4) is 0 Å². The summed E-state index contributed by atoms with van der Waals surface area (Å²) in [4.78, 5) is 10.1. The van der Waals surface area contributed by atoms with Crippen LogP contribution in [0.15, 0.2) is 24.3 Å². The van der Waals surface area contributed by atoms with Crippen LogP contribution in [-0.2, 0) is 4.87 Å². The first-order chi connectivity index (χ1) is 5.91. The van der Waals surface area contributed by atoms with Gasteiger partial charge in [0.25, 0.3) is 0 Å². The van der Waals surface area contributed by atoms with Gasteiger partial charge < -0.3 is 5.11 Å². The number of aromatic carboxylic acids is 1. The van der Waals surface area contributed by atoms with E-state index < -0.39 is 10.8 Å². The molecular weight excluding hydrogens is 188 g/mol. The maximum atomic E-state index is 10.5. The molecule has 0 atom stereocenters. The van der Waals surface area contributed by atoms with Crippen LogP contribution < -0.4 is 0 Å². The van der Waals surface area contributed by atoms with Gasteiger partial charge in [-0.1, -0.05) is 12.1 Å². The Hall–Kier alpha value is -1.02. The minimum Gasteiger partial charge on any atom is -0.478 e. The van der Waals surface area contributed by atoms with Gasteiger partial charge in [-0.25, -0.2) is 4.79 Å². The molecule has 0 aromatic heterocycles. The molecule has 13 heavy (non-hydrogen) atoms. The molecule has 0 unspecified atom stereocenters. The van der Waals surface area contributed by atoms with Crippen LogP contribution in [0.2, 0.25) is 0 Å². The lowest BCUT2D eigenvalue weighted by atomic mass is 10.0. The molecule has 2 nitrogen and oxygen atoms in total. The second kappa shape index (κ2) is 3.38. The van der Waals surface area contributed by atoms with E-state index in [4.69, 9.17) is 16.7 Å². The van der Waals surface area contributed by atoms with Crippen LogP contribution in [0.1, 0.15) is 29.8 Å². The van der Waals surface area contributed by atoms with E-state index in [1.54, 1.807) is 24.3 Å². The Morgan fingerprint density at radius 1 is 1.31 bits per heavy atom. The molecule has 1 aromatic rings. The third-order valence-electron chi connectivity index (χ3n) is 1.82. The van der Waals surface area contributed by atoms with Gasteiger partial charge in [0, 0.05) is 0 Å². The first kappa shape index (κ1) is 10.1. The van der Waals surface area contributed by atoms with Gasteiger partial charge in [-0.15, -0.1) is 11.6 Å². The van der Waals surface area contributed by atoms with Gasteiger partial charge in [-0.05, 0) is 31.5 Å². The number of benzene rings is 1. The summed E-state index contributed by atoms with van der Waals surface area (Å²) in [7, 11) is 0. The topological polar surface area (TPSA) is 37.3 Å². The monoisotopic (exact) mass is 198 g/mol. The molecule has 0 bridgehead atoms. The van der Waals surface area contributed by atoms with Crippen molar-refractivity contribution in [3.63, 3.8) is 0 Å². The normalized spacial score (nSPS) is 11.3. The summed E-state index contributed by atoms with van der Waals surface area (Å²) >= 11 is 6.04. The van der Waals surface area contributed by atoms with Crippen molar-refractivity contribution in [2.75, 3.05) is 0 Å². The number of carboxylic acids is 1. The van der Waals surface area contributed by atoms with E-state index in [0.717, 1.165) is 5.56 Å². The van der Waals surface area contributed by atoms with Crippen LogP contribution >= 0.6 is 11.6 Å². The number of carboxylic acid groups (broad SMARTS) is 1. The predicted molar refractivity (Wildman–Crippen MR) is 52.3 cm³/mol. The summed E-state index contributed by atoms with van der Waals surface area (Å²) in [5.41, 5.74) is 1.20. The molecule has 3 heteroatoms. The van der Waals surface area contributed by atoms with E-state index in [1.165, 1.54) is 0 Å². The van der Waals surface area contributed by atoms with E-state index in [2.05, 4.69) is 0 Å². The largest absolute Gasteiger partial charge is 0.478 e. The summed E-state index contributed by atoms with van der Waals surface area (Å²) in [5, 5.41) is 8.65. The van der Waals surface area contributed by atoms with Crippen molar-refractivity contribution in [1.29, 1.82) is 0 Å². The first-order valence-electron chi connectivity index (χ1n) is 3.94. The highest BCUT2D eigenvalue weighted by molar-refractivity contribution is 6.23. The van der Waals surface area contributed by atoms with Crippen LogP contribution in [0.4, 0.5) is 0 Å². The average molecular weight is 199 g/mol. The molecule has 0 aliphatic rings. The Balaban J connectivity index is 3.01. The fraction of sp³-hybridized carbons (Fsp3) is 0.300. The SMILES string of the molecule is CC(C)(Cl)c1ccc(C(=O)O)cc1. The maximum absolute atomic E-state index is 10.5. The highest BCUT2D eigenvalue weighted by atomic mass is 35.5. The summed E-state index contributed by atoms with van der Waals surface area (Å²) in [5.74, 6) is -0.918. The van der Waals surface area contributed by atoms with Crippen molar-refractivity contribution in [3.05, 3.63) is 35.4 Å². The predicted octanol–water partition coefficient (Wildman–Crippen LogP) is 2.86. The lowest BCUT2D eigenvalue weighted by Crippen LogP contribution is -2.07. The van der Waals surface area contributed by atoms with Crippen molar-refractivity contribution in [2.45, 2.75) is 18.7 Å². The molecule has 0 radical (unpaired) electrons. The fourth-order valence-corrected chi connectivity index (χ4v) is 1.14. The van der Waals surface area contributed by atoms with E-state index in [1.807, 2.05) is 13.8 Å². The molecule has 0 saturated heterocycles. The zero-order valence-corrected chi connectivity index (χ0v) is 8.30. The summed E-state index contributed by atoms with van der Waals surface area (Å²) in [6.45, 7) is 3.73.